The number of hydrogen-bond acceptors (Lipinski definition) is 3. The number of carbonyl (C=O) groups is 1. The van der Waals surface area contributed by atoms with Crippen molar-refractivity contribution in [2.75, 3.05) is 12.4 Å². The monoisotopic (exact) mass is 353 g/mol. The molecular weight excluding hydrogens is 326 g/mol. The highest BCUT2D eigenvalue weighted by Gasteiger charge is 2.08. The maximum atomic E-state index is 12.3. The average molecular weight is 353 g/mol. The lowest BCUT2D eigenvalue weighted by Crippen LogP contribution is -2.10. The van der Waals surface area contributed by atoms with Crippen molar-refractivity contribution in [3.05, 3.63) is 58.7 Å². The molecule has 0 aromatic heterocycles. The minimum atomic E-state index is -0.165. The van der Waals surface area contributed by atoms with Crippen LogP contribution >= 0.6 is 0 Å². The Hall–Kier alpha value is -2.75. The van der Waals surface area contributed by atoms with Crippen molar-refractivity contribution in [2.45, 2.75) is 40.7 Å². The molecule has 0 saturated carbocycles. The Balaban J connectivity index is 2.13. The fourth-order valence-corrected chi connectivity index (χ4v) is 2.85. The van der Waals surface area contributed by atoms with Gasteiger partial charge in [-0.2, -0.15) is 0 Å². The summed E-state index contributed by atoms with van der Waals surface area (Å²) in [6, 6.07) is 9.72. The van der Waals surface area contributed by atoms with Gasteiger partial charge in [-0.3, -0.25) is 4.79 Å². The summed E-state index contributed by atoms with van der Waals surface area (Å²) >= 11 is 0. The number of nitrogens with one attached hydrogen (secondary N) is 1. The van der Waals surface area contributed by atoms with E-state index in [4.69, 9.17) is 9.47 Å². The molecule has 138 valence electrons. The third-order valence-corrected chi connectivity index (χ3v) is 3.90. The van der Waals surface area contributed by atoms with E-state index >= 15 is 0 Å². The predicted octanol–water partition coefficient (Wildman–Crippen LogP) is 5.06. The van der Waals surface area contributed by atoms with E-state index in [0.717, 1.165) is 22.4 Å². The van der Waals surface area contributed by atoms with Gasteiger partial charge in [0.05, 0.1) is 13.2 Å². The summed E-state index contributed by atoms with van der Waals surface area (Å²) in [5.74, 6) is 1.17. The minimum Gasteiger partial charge on any atom is -0.493 e. The van der Waals surface area contributed by atoms with Crippen LogP contribution in [0.5, 0.6) is 11.5 Å². The number of rotatable bonds is 6. The average Bonchev–Trinajstić information content (AvgIpc) is 2.56. The molecule has 0 saturated heterocycles. The first-order chi connectivity index (χ1) is 12.3. The molecule has 2 aromatic carbocycles. The van der Waals surface area contributed by atoms with Crippen LogP contribution in [0.1, 0.15) is 36.1 Å². The number of hydrogen-bond donors (Lipinski definition) is 1. The second kappa shape index (κ2) is 8.56. The summed E-state index contributed by atoms with van der Waals surface area (Å²) in [6.07, 6.45) is 3.35. The molecular formula is C22H27NO3. The van der Waals surface area contributed by atoms with E-state index in [0.29, 0.717) is 11.5 Å². The smallest absolute Gasteiger partial charge is 0.248 e. The fourth-order valence-electron chi connectivity index (χ4n) is 2.85. The van der Waals surface area contributed by atoms with Gasteiger partial charge in [0, 0.05) is 11.8 Å². The number of benzene rings is 2. The zero-order valence-electron chi connectivity index (χ0n) is 16.3. The predicted molar refractivity (Wildman–Crippen MR) is 107 cm³/mol. The van der Waals surface area contributed by atoms with Crippen LogP contribution in [0, 0.1) is 20.8 Å². The molecule has 0 fully saturated rings. The van der Waals surface area contributed by atoms with Crippen LogP contribution < -0.4 is 14.8 Å². The van der Waals surface area contributed by atoms with Gasteiger partial charge in [-0.05, 0) is 69.5 Å². The van der Waals surface area contributed by atoms with E-state index in [1.807, 2.05) is 52.8 Å². The Labute approximate surface area is 155 Å². The number of methoxy groups -OCH3 is 1. The molecule has 0 bridgehead atoms. The molecule has 2 rings (SSSR count). The quantitative estimate of drug-likeness (QED) is 0.739. The third-order valence-electron chi connectivity index (χ3n) is 3.90. The first-order valence-electron chi connectivity index (χ1n) is 8.71. The van der Waals surface area contributed by atoms with E-state index < -0.39 is 0 Å². The van der Waals surface area contributed by atoms with Crippen LogP contribution in [0.3, 0.4) is 0 Å². The second-order valence-corrected chi connectivity index (χ2v) is 6.67. The van der Waals surface area contributed by atoms with Crippen LogP contribution in [0.2, 0.25) is 0 Å². The summed E-state index contributed by atoms with van der Waals surface area (Å²) in [7, 11) is 1.60. The van der Waals surface area contributed by atoms with Gasteiger partial charge in [0.25, 0.3) is 0 Å². The molecule has 0 aliphatic rings. The van der Waals surface area contributed by atoms with Gasteiger partial charge in [0.2, 0.25) is 5.91 Å². The SMILES string of the molecule is COc1cc(/C=C/C(=O)Nc2c(C)cc(C)cc2C)ccc1OC(C)C. The highest BCUT2D eigenvalue weighted by molar-refractivity contribution is 6.02. The number of amides is 1. The van der Waals surface area contributed by atoms with Crippen molar-refractivity contribution in [3.63, 3.8) is 0 Å². The Kier molecular flexibility index (Phi) is 6.45. The highest BCUT2D eigenvalue weighted by Crippen LogP contribution is 2.29. The zero-order chi connectivity index (χ0) is 19.3. The van der Waals surface area contributed by atoms with Gasteiger partial charge >= 0.3 is 0 Å². The number of ether oxygens (including phenoxy) is 2. The van der Waals surface area contributed by atoms with E-state index in [1.54, 1.807) is 13.2 Å². The Morgan fingerprint density at radius 3 is 2.27 bits per heavy atom. The van der Waals surface area contributed by atoms with Crippen LogP contribution in [0.25, 0.3) is 6.08 Å². The highest BCUT2D eigenvalue weighted by atomic mass is 16.5. The van der Waals surface area contributed by atoms with E-state index in [1.165, 1.54) is 11.6 Å². The van der Waals surface area contributed by atoms with Crippen LogP contribution in [0.15, 0.2) is 36.4 Å². The van der Waals surface area contributed by atoms with Crippen LogP contribution in [-0.2, 0) is 4.79 Å². The molecule has 4 nitrogen and oxygen atoms in total. The lowest BCUT2D eigenvalue weighted by Gasteiger charge is -2.14. The first kappa shape index (κ1) is 19.6. The van der Waals surface area contributed by atoms with Gasteiger partial charge in [-0.15, -0.1) is 0 Å². The summed E-state index contributed by atoms with van der Waals surface area (Å²) in [5, 5.41) is 2.96. The molecule has 0 aliphatic heterocycles. The minimum absolute atomic E-state index is 0.0667. The van der Waals surface area contributed by atoms with E-state index in [9.17, 15) is 4.79 Å². The van der Waals surface area contributed by atoms with Gasteiger partial charge in [0.1, 0.15) is 0 Å². The van der Waals surface area contributed by atoms with E-state index in [2.05, 4.69) is 17.4 Å². The topological polar surface area (TPSA) is 47.6 Å². The largest absolute Gasteiger partial charge is 0.493 e. The summed E-state index contributed by atoms with van der Waals surface area (Å²) in [4.78, 5) is 12.3. The summed E-state index contributed by atoms with van der Waals surface area (Å²) < 4.78 is 11.1. The van der Waals surface area contributed by atoms with Crippen molar-refractivity contribution in [1.82, 2.24) is 0 Å². The standard InChI is InChI=1S/C22H27NO3/c1-14(2)26-19-9-7-18(13-20(19)25-6)8-10-21(24)23-22-16(4)11-15(3)12-17(22)5/h7-14H,1-6H3,(H,23,24)/b10-8+. The van der Waals surface area contributed by atoms with Gasteiger partial charge < -0.3 is 14.8 Å². The van der Waals surface area contributed by atoms with Crippen molar-refractivity contribution < 1.29 is 14.3 Å². The molecule has 0 radical (unpaired) electrons. The van der Waals surface area contributed by atoms with Crippen LogP contribution in [-0.4, -0.2) is 19.1 Å². The Bertz CT molecular complexity index is 799. The molecule has 4 heteroatoms. The van der Waals surface area contributed by atoms with E-state index in [-0.39, 0.29) is 12.0 Å². The van der Waals surface area contributed by atoms with Gasteiger partial charge in [0.15, 0.2) is 11.5 Å². The molecule has 1 amide bonds. The molecule has 0 aliphatic carbocycles. The van der Waals surface area contributed by atoms with Crippen molar-refractivity contribution in [2.24, 2.45) is 0 Å². The lowest BCUT2D eigenvalue weighted by molar-refractivity contribution is -0.111. The first-order valence-corrected chi connectivity index (χ1v) is 8.71. The van der Waals surface area contributed by atoms with Gasteiger partial charge in [-0.1, -0.05) is 23.8 Å². The molecule has 1 N–H and O–H groups in total. The molecule has 0 spiro atoms. The molecule has 0 heterocycles. The third kappa shape index (κ3) is 5.12. The fraction of sp³-hybridized carbons (Fsp3) is 0.318. The number of aryl methyl sites for hydroxylation is 3. The molecule has 2 aromatic rings. The molecule has 0 atom stereocenters. The Morgan fingerprint density at radius 2 is 1.69 bits per heavy atom. The van der Waals surface area contributed by atoms with Crippen molar-refractivity contribution >= 4 is 17.7 Å². The number of carbonyl (C=O) groups excluding carboxylic acids is 1. The van der Waals surface area contributed by atoms with Crippen molar-refractivity contribution in [3.8, 4) is 11.5 Å². The maximum Gasteiger partial charge on any atom is 0.248 e. The van der Waals surface area contributed by atoms with Crippen molar-refractivity contribution in [1.29, 1.82) is 0 Å². The van der Waals surface area contributed by atoms with Crippen LogP contribution in [0.4, 0.5) is 5.69 Å². The zero-order valence-corrected chi connectivity index (χ0v) is 16.3. The molecule has 0 unspecified atom stereocenters. The summed E-state index contributed by atoms with van der Waals surface area (Å²) in [5.41, 5.74) is 5.03. The Morgan fingerprint density at radius 1 is 1.04 bits per heavy atom. The maximum absolute atomic E-state index is 12.3. The van der Waals surface area contributed by atoms with Gasteiger partial charge in [-0.25, -0.2) is 0 Å². The normalized spacial score (nSPS) is 11.0. The lowest BCUT2D eigenvalue weighted by atomic mass is 10.1. The summed E-state index contributed by atoms with van der Waals surface area (Å²) in [6.45, 7) is 9.97. The molecule has 26 heavy (non-hydrogen) atoms. The second-order valence-electron chi connectivity index (χ2n) is 6.67. The number of anilines is 1.